The highest BCUT2D eigenvalue weighted by Gasteiger charge is 2.51. The molecule has 8 aromatic carbocycles. The summed E-state index contributed by atoms with van der Waals surface area (Å²) in [6, 6.07) is 62.3. The molecular formula is C48H31N3O. The highest BCUT2D eigenvalue weighted by atomic mass is 16.5. The molecule has 0 atom stereocenters. The second-order valence-electron chi connectivity index (χ2n) is 13.7. The summed E-state index contributed by atoms with van der Waals surface area (Å²) in [6.07, 6.45) is 0. The molecule has 4 nitrogen and oxygen atoms in total. The number of imidazole rings is 1. The van der Waals surface area contributed by atoms with E-state index in [0.717, 1.165) is 67.5 Å². The molecule has 0 unspecified atom stereocenters. The topological polar surface area (TPSA) is 53.1 Å². The van der Waals surface area contributed by atoms with Gasteiger partial charge in [-0.1, -0.05) is 127 Å². The fourth-order valence-corrected chi connectivity index (χ4v) is 8.89. The number of benzene rings is 8. The summed E-state index contributed by atoms with van der Waals surface area (Å²) in [4.78, 5) is 5.20. The smallest absolute Gasteiger partial charge is 0.146 e. The van der Waals surface area contributed by atoms with Gasteiger partial charge in [-0.05, 0) is 92.7 Å². The van der Waals surface area contributed by atoms with Gasteiger partial charge in [0.15, 0.2) is 0 Å². The first-order valence-electron chi connectivity index (χ1n) is 17.7. The van der Waals surface area contributed by atoms with Crippen LogP contribution in [0.15, 0.2) is 176 Å². The Bertz CT molecular complexity index is 2850. The average molecular weight is 666 g/mol. The first-order chi connectivity index (χ1) is 25.7. The normalized spacial score (nSPS) is 13.4. The molecule has 1 aliphatic heterocycles. The number of nitrogens with zero attached hydrogens (tertiary/aromatic N) is 2. The molecule has 0 fully saturated rings. The van der Waals surface area contributed by atoms with E-state index in [1.54, 1.807) is 0 Å². The Hall–Kier alpha value is -6.91. The van der Waals surface area contributed by atoms with Crippen LogP contribution in [0.2, 0.25) is 0 Å². The third-order valence-corrected chi connectivity index (χ3v) is 11.0. The zero-order valence-corrected chi connectivity index (χ0v) is 28.1. The second-order valence-corrected chi connectivity index (χ2v) is 13.7. The number of rotatable bonds is 3. The summed E-state index contributed by atoms with van der Waals surface area (Å²) in [7, 11) is 0. The molecule has 2 N–H and O–H groups in total. The number of aromatic nitrogens is 2. The van der Waals surface area contributed by atoms with E-state index < -0.39 is 5.41 Å². The highest BCUT2D eigenvalue weighted by molar-refractivity contribution is 5.99. The first-order valence-corrected chi connectivity index (χ1v) is 17.7. The summed E-state index contributed by atoms with van der Waals surface area (Å²) >= 11 is 0. The molecule has 2 heterocycles. The molecule has 0 saturated carbocycles. The number of nitrogens with two attached hydrogens (primary N) is 1. The van der Waals surface area contributed by atoms with Gasteiger partial charge in [0.2, 0.25) is 0 Å². The third-order valence-electron chi connectivity index (χ3n) is 11.0. The minimum Gasteiger partial charge on any atom is -0.457 e. The van der Waals surface area contributed by atoms with Gasteiger partial charge < -0.3 is 10.5 Å². The van der Waals surface area contributed by atoms with E-state index in [-0.39, 0.29) is 0 Å². The molecule has 52 heavy (non-hydrogen) atoms. The maximum absolute atomic E-state index is 6.57. The number of hydrogen-bond donors (Lipinski definition) is 1. The molecular weight excluding hydrogens is 635 g/mol. The maximum Gasteiger partial charge on any atom is 0.146 e. The lowest BCUT2D eigenvalue weighted by Crippen LogP contribution is -2.32. The summed E-state index contributed by atoms with van der Waals surface area (Å²) in [5.41, 5.74) is 20.3. The van der Waals surface area contributed by atoms with Crippen LogP contribution >= 0.6 is 0 Å². The van der Waals surface area contributed by atoms with Gasteiger partial charge in [-0.2, -0.15) is 0 Å². The van der Waals surface area contributed by atoms with Crippen LogP contribution in [0.3, 0.4) is 0 Å². The summed E-state index contributed by atoms with van der Waals surface area (Å²) in [5, 5.41) is 2.38. The molecule has 0 radical (unpaired) electrons. The Balaban J connectivity index is 1.12. The zero-order valence-electron chi connectivity index (χ0n) is 28.1. The molecule has 9 aromatic rings. The Morgan fingerprint density at radius 3 is 2.00 bits per heavy atom. The lowest BCUT2D eigenvalue weighted by atomic mass is 9.66. The molecule has 0 bridgehead atoms. The predicted molar refractivity (Wildman–Crippen MR) is 211 cm³/mol. The van der Waals surface area contributed by atoms with Crippen molar-refractivity contribution in [3.05, 3.63) is 198 Å². The van der Waals surface area contributed by atoms with E-state index in [4.69, 9.17) is 15.5 Å². The number of hydrogen-bond acceptors (Lipinski definition) is 3. The van der Waals surface area contributed by atoms with Crippen molar-refractivity contribution in [1.82, 2.24) is 9.55 Å². The number of fused-ring (bicyclic) bond motifs is 11. The van der Waals surface area contributed by atoms with Gasteiger partial charge in [-0.25, -0.2) is 4.98 Å². The minimum atomic E-state index is -0.553. The lowest BCUT2D eigenvalue weighted by molar-refractivity contribution is 0.436. The van der Waals surface area contributed by atoms with E-state index in [9.17, 15) is 0 Å². The van der Waals surface area contributed by atoms with Crippen molar-refractivity contribution >= 4 is 27.5 Å². The van der Waals surface area contributed by atoms with E-state index in [1.807, 2.05) is 18.2 Å². The van der Waals surface area contributed by atoms with Crippen molar-refractivity contribution in [2.75, 3.05) is 5.73 Å². The standard InChI is InChI=1S/C48H31N3O/c49-32-25-28-38-37(29-32)46-35(14-10-18-41(46)48(38)39-16-3-7-21-44(39)52-45-22-8-4-17-40(45)48)31-23-26-33(27-24-31)51-43-20-6-5-19-42(43)50-47(51)36-15-9-12-30-11-1-2-13-34(30)36/h1-29H,49H2. The molecule has 2 aliphatic rings. The van der Waals surface area contributed by atoms with Gasteiger partial charge in [0.1, 0.15) is 17.3 Å². The van der Waals surface area contributed by atoms with Crippen LogP contribution in [0.4, 0.5) is 5.69 Å². The Kier molecular flexibility index (Phi) is 5.99. The van der Waals surface area contributed by atoms with Crippen molar-refractivity contribution in [3.63, 3.8) is 0 Å². The quantitative estimate of drug-likeness (QED) is 0.191. The van der Waals surface area contributed by atoms with Crippen LogP contribution in [0, 0.1) is 0 Å². The van der Waals surface area contributed by atoms with Gasteiger partial charge in [0, 0.05) is 28.1 Å². The van der Waals surface area contributed by atoms with Crippen molar-refractivity contribution in [2.24, 2.45) is 0 Å². The Morgan fingerprint density at radius 2 is 1.17 bits per heavy atom. The summed E-state index contributed by atoms with van der Waals surface area (Å²) in [6.45, 7) is 0. The molecule has 11 rings (SSSR count). The number of anilines is 1. The molecule has 4 heteroatoms. The van der Waals surface area contributed by atoms with Gasteiger partial charge in [-0.15, -0.1) is 0 Å². The largest absolute Gasteiger partial charge is 0.457 e. The average Bonchev–Trinajstić information content (AvgIpc) is 3.72. The third kappa shape index (κ3) is 3.89. The number of nitrogen functional groups attached to an aromatic ring is 1. The molecule has 244 valence electrons. The Morgan fingerprint density at radius 1 is 0.519 bits per heavy atom. The van der Waals surface area contributed by atoms with E-state index in [1.165, 1.54) is 33.0 Å². The summed E-state index contributed by atoms with van der Waals surface area (Å²) < 4.78 is 8.83. The minimum absolute atomic E-state index is 0.553. The van der Waals surface area contributed by atoms with Crippen LogP contribution < -0.4 is 10.5 Å². The van der Waals surface area contributed by atoms with Crippen molar-refractivity contribution in [3.8, 4) is 50.8 Å². The van der Waals surface area contributed by atoms with Crippen molar-refractivity contribution in [2.45, 2.75) is 5.41 Å². The van der Waals surface area contributed by atoms with Crippen molar-refractivity contribution < 1.29 is 4.74 Å². The monoisotopic (exact) mass is 665 g/mol. The lowest BCUT2D eigenvalue weighted by Gasteiger charge is -2.39. The SMILES string of the molecule is Nc1ccc2c(c1)-c1c(-c3ccc(-n4c(-c5cccc6ccccc56)nc5ccccc54)cc3)cccc1C21c2ccccc2Oc2ccccc21. The van der Waals surface area contributed by atoms with Crippen LogP contribution in [0.25, 0.3) is 61.1 Å². The van der Waals surface area contributed by atoms with E-state index in [0.29, 0.717) is 0 Å². The highest BCUT2D eigenvalue weighted by Crippen LogP contribution is 2.63. The van der Waals surface area contributed by atoms with Crippen LogP contribution in [-0.4, -0.2) is 9.55 Å². The van der Waals surface area contributed by atoms with Gasteiger partial charge in [0.25, 0.3) is 0 Å². The first kappa shape index (κ1) is 28.9. The molecule has 1 aliphatic carbocycles. The van der Waals surface area contributed by atoms with Crippen LogP contribution in [-0.2, 0) is 5.41 Å². The van der Waals surface area contributed by atoms with Gasteiger partial charge in [0.05, 0.1) is 16.4 Å². The van der Waals surface area contributed by atoms with E-state index >= 15 is 0 Å². The second kappa shape index (κ2) is 10.8. The molecule has 1 spiro atoms. The molecule has 0 saturated heterocycles. The van der Waals surface area contributed by atoms with Crippen molar-refractivity contribution in [1.29, 1.82) is 0 Å². The van der Waals surface area contributed by atoms with Crippen LogP contribution in [0.5, 0.6) is 11.5 Å². The fourth-order valence-electron chi connectivity index (χ4n) is 8.89. The predicted octanol–water partition coefficient (Wildman–Crippen LogP) is 11.6. The van der Waals surface area contributed by atoms with Crippen LogP contribution in [0.1, 0.15) is 22.3 Å². The van der Waals surface area contributed by atoms with Gasteiger partial charge in [-0.3, -0.25) is 4.57 Å². The molecule has 1 aromatic heterocycles. The maximum atomic E-state index is 6.57. The molecule has 0 amide bonds. The van der Waals surface area contributed by atoms with E-state index in [2.05, 4.69) is 162 Å². The summed E-state index contributed by atoms with van der Waals surface area (Å²) in [5.74, 6) is 2.68. The number of para-hydroxylation sites is 4. The number of ether oxygens (including phenoxy) is 1. The van der Waals surface area contributed by atoms with Gasteiger partial charge >= 0.3 is 0 Å². The Labute approximate surface area is 301 Å². The zero-order chi connectivity index (χ0) is 34.4. The fraction of sp³-hybridized carbons (Fsp3) is 0.0208.